The van der Waals surface area contributed by atoms with Gasteiger partial charge in [0.15, 0.2) is 6.10 Å². The van der Waals surface area contributed by atoms with Crippen LogP contribution >= 0.6 is 23.4 Å². The summed E-state index contributed by atoms with van der Waals surface area (Å²) in [7, 11) is 0. The molecule has 2 fully saturated rings. The van der Waals surface area contributed by atoms with Crippen LogP contribution in [0.3, 0.4) is 0 Å². The molecular weight excluding hydrogens is 638 g/mol. The van der Waals surface area contributed by atoms with E-state index in [4.69, 9.17) is 26.3 Å². The highest BCUT2D eigenvalue weighted by Crippen LogP contribution is 2.33. The maximum atomic E-state index is 13.3. The summed E-state index contributed by atoms with van der Waals surface area (Å²) in [5, 5.41) is 36.8. The second kappa shape index (κ2) is 25.0. The van der Waals surface area contributed by atoms with E-state index in [1.807, 2.05) is 0 Å². The number of rotatable bonds is 23. The summed E-state index contributed by atoms with van der Waals surface area (Å²) < 4.78 is 11.9. The van der Waals surface area contributed by atoms with Gasteiger partial charge in [-0.25, -0.2) is 0 Å². The van der Waals surface area contributed by atoms with Crippen LogP contribution in [0, 0.1) is 17.2 Å². The fraction of sp³-hybridized carbons (Fsp3) is 0.917. The molecule has 47 heavy (non-hydrogen) atoms. The summed E-state index contributed by atoms with van der Waals surface area (Å²) in [5.41, 5.74) is -0.728. The molecule has 4 N–H and O–H groups in total. The number of amides is 1. The number of nitriles is 1. The second-order valence-corrected chi connectivity index (χ2v) is 15.3. The lowest BCUT2D eigenvalue weighted by Gasteiger charge is -2.45. The van der Waals surface area contributed by atoms with Crippen molar-refractivity contribution in [2.75, 3.05) is 12.8 Å². The fourth-order valence-corrected chi connectivity index (χ4v) is 7.72. The average molecular weight is 702 g/mol. The Kier molecular flexibility index (Phi) is 22.3. The minimum Gasteiger partial charge on any atom is -0.456 e. The number of esters is 1. The van der Waals surface area contributed by atoms with Gasteiger partial charge in [-0.15, -0.1) is 23.4 Å². The first-order valence-corrected chi connectivity index (χ1v) is 20.2. The first-order chi connectivity index (χ1) is 22.7. The van der Waals surface area contributed by atoms with E-state index < -0.39 is 53.3 Å². The van der Waals surface area contributed by atoms with Gasteiger partial charge < -0.3 is 30.3 Å². The zero-order valence-electron chi connectivity index (χ0n) is 29.3. The van der Waals surface area contributed by atoms with Crippen molar-refractivity contribution >= 4 is 35.2 Å². The van der Waals surface area contributed by atoms with Crippen LogP contribution in [-0.4, -0.2) is 82.2 Å². The molecule has 2 heterocycles. The summed E-state index contributed by atoms with van der Waals surface area (Å²) in [5.74, 6) is -0.162. The van der Waals surface area contributed by atoms with Crippen molar-refractivity contribution in [3.05, 3.63) is 0 Å². The van der Waals surface area contributed by atoms with Gasteiger partial charge in [0.25, 0.3) is 0 Å². The number of alkyl halides is 1. The van der Waals surface area contributed by atoms with Gasteiger partial charge >= 0.3 is 5.97 Å². The smallest absolute Gasteiger partial charge is 0.306 e. The van der Waals surface area contributed by atoms with Crippen LogP contribution in [0.5, 0.6) is 0 Å². The van der Waals surface area contributed by atoms with E-state index in [-0.39, 0.29) is 12.3 Å². The summed E-state index contributed by atoms with van der Waals surface area (Å²) in [4.78, 5) is 26.1. The molecule has 9 atom stereocenters. The molecule has 0 spiro atoms. The number of nitrogens with zero attached hydrogens (tertiary/aromatic N) is 1. The van der Waals surface area contributed by atoms with Crippen molar-refractivity contribution in [3.8, 4) is 6.07 Å². The third kappa shape index (κ3) is 16.0. The van der Waals surface area contributed by atoms with Gasteiger partial charge in [0.05, 0.1) is 23.5 Å². The van der Waals surface area contributed by atoms with Crippen LogP contribution in [0.2, 0.25) is 0 Å². The number of unbranched alkanes of at least 4 members (excludes halogenated alkanes) is 13. The van der Waals surface area contributed by atoms with E-state index in [1.165, 1.54) is 76.0 Å². The number of aliphatic hydroxyl groups excluding tert-OH is 2. The summed E-state index contributed by atoms with van der Waals surface area (Å²) in [6.07, 6.45) is 18.0. The molecule has 0 radical (unpaired) electrons. The summed E-state index contributed by atoms with van der Waals surface area (Å²) in [6.45, 7) is 4.67. The Hall–Kier alpha value is -1.09. The number of aliphatic hydroxyl groups is 2. The largest absolute Gasteiger partial charge is 0.456 e. The molecule has 9 nitrogen and oxygen atoms in total. The quantitative estimate of drug-likeness (QED) is 0.0517. The standard InChI is InChI=1S/C36H64ClN3O6S/c1-4-5-6-7-8-9-10-11-12-13-14-15-16-20-29(41)45-34-32(43)31(42)33(46-36(34)47-3)30(26(2)37)40-35(44)28-22-21-27(23-25-39-28)19-17-18-24-38/h26-28,30-34,36,39,42-43H,4-23,25H2,1-3H3,(H,40,44). The van der Waals surface area contributed by atoms with Gasteiger partial charge in [-0.05, 0) is 64.2 Å². The molecule has 1 amide bonds. The Bertz CT molecular complexity index is 906. The average Bonchev–Trinajstić information content (AvgIpc) is 3.30. The second-order valence-electron chi connectivity index (χ2n) is 13.6. The van der Waals surface area contributed by atoms with Crippen LogP contribution in [0.25, 0.3) is 0 Å². The lowest BCUT2D eigenvalue weighted by Crippen LogP contribution is -2.65. The normalized spacial score (nSPS) is 27.7. The van der Waals surface area contributed by atoms with Crippen molar-refractivity contribution < 1.29 is 29.3 Å². The van der Waals surface area contributed by atoms with Crippen LogP contribution in [0.15, 0.2) is 0 Å². The highest BCUT2D eigenvalue weighted by Gasteiger charge is 2.50. The highest BCUT2D eigenvalue weighted by molar-refractivity contribution is 7.99. The molecule has 0 aromatic carbocycles. The maximum Gasteiger partial charge on any atom is 0.306 e. The third-order valence-corrected chi connectivity index (χ3v) is 10.9. The zero-order valence-corrected chi connectivity index (χ0v) is 30.9. The van der Waals surface area contributed by atoms with Crippen molar-refractivity contribution in [1.29, 1.82) is 5.26 Å². The van der Waals surface area contributed by atoms with Gasteiger partial charge in [0.2, 0.25) is 5.91 Å². The number of nitrogens with one attached hydrogen (secondary N) is 2. The lowest BCUT2D eigenvalue weighted by atomic mass is 9.92. The Morgan fingerprint density at radius 3 is 2.17 bits per heavy atom. The van der Waals surface area contributed by atoms with Crippen molar-refractivity contribution in [3.63, 3.8) is 0 Å². The Morgan fingerprint density at radius 1 is 0.979 bits per heavy atom. The Labute approximate surface area is 294 Å². The molecule has 2 saturated heterocycles. The molecule has 0 saturated carbocycles. The number of hydrogen-bond acceptors (Lipinski definition) is 9. The van der Waals surface area contributed by atoms with Crippen LogP contribution in [0.1, 0.15) is 142 Å². The fourth-order valence-electron chi connectivity index (χ4n) is 6.79. The van der Waals surface area contributed by atoms with Crippen molar-refractivity contribution in [2.45, 2.75) is 190 Å². The number of carbonyl (C=O) groups excluding carboxylic acids is 2. The van der Waals surface area contributed by atoms with Crippen molar-refractivity contribution in [2.24, 2.45) is 5.92 Å². The lowest BCUT2D eigenvalue weighted by molar-refractivity contribution is -0.218. The molecular formula is C36H64ClN3O6S. The molecule has 9 unspecified atom stereocenters. The predicted molar refractivity (Wildman–Crippen MR) is 190 cm³/mol. The first kappa shape index (κ1) is 42.1. The third-order valence-electron chi connectivity index (χ3n) is 9.75. The first-order valence-electron chi connectivity index (χ1n) is 18.5. The van der Waals surface area contributed by atoms with Gasteiger partial charge in [0.1, 0.15) is 23.7 Å². The Morgan fingerprint density at radius 2 is 1.60 bits per heavy atom. The summed E-state index contributed by atoms with van der Waals surface area (Å²) in [6, 6.07) is 1.01. The Balaban J connectivity index is 1.77. The molecule has 0 aliphatic carbocycles. The van der Waals surface area contributed by atoms with E-state index in [9.17, 15) is 19.8 Å². The minimum atomic E-state index is -1.41. The van der Waals surface area contributed by atoms with E-state index >= 15 is 0 Å². The number of carbonyl (C=O) groups is 2. The monoisotopic (exact) mass is 701 g/mol. The molecule has 2 aliphatic heterocycles. The number of ether oxygens (including phenoxy) is 2. The van der Waals surface area contributed by atoms with Gasteiger partial charge in [-0.1, -0.05) is 84.0 Å². The number of halogens is 1. The van der Waals surface area contributed by atoms with E-state index in [0.29, 0.717) is 25.3 Å². The summed E-state index contributed by atoms with van der Waals surface area (Å²) >= 11 is 7.81. The van der Waals surface area contributed by atoms with Crippen LogP contribution < -0.4 is 10.6 Å². The molecule has 0 bridgehead atoms. The minimum absolute atomic E-state index is 0.225. The molecule has 11 heteroatoms. The topological polar surface area (TPSA) is 141 Å². The molecule has 2 rings (SSSR count). The van der Waals surface area contributed by atoms with Gasteiger partial charge in [-0.2, -0.15) is 5.26 Å². The van der Waals surface area contributed by atoms with E-state index in [1.54, 1.807) is 13.2 Å². The molecule has 0 aromatic rings. The number of thioether (sulfide) groups is 1. The van der Waals surface area contributed by atoms with Gasteiger partial charge in [-0.3, -0.25) is 9.59 Å². The molecule has 2 aliphatic rings. The van der Waals surface area contributed by atoms with Crippen LogP contribution in [-0.2, 0) is 19.1 Å². The molecule has 272 valence electrons. The van der Waals surface area contributed by atoms with Gasteiger partial charge in [0, 0.05) is 12.8 Å². The van der Waals surface area contributed by atoms with Crippen LogP contribution in [0.4, 0.5) is 0 Å². The molecule has 0 aromatic heterocycles. The maximum absolute atomic E-state index is 13.3. The number of hydrogen-bond donors (Lipinski definition) is 4. The van der Waals surface area contributed by atoms with E-state index in [2.05, 4.69) is 23.6 Å². The predicted octanol–water partition coefficient (Wildman–Crippen LogP) is 6.75. The van der Waals surface area contributed by atoms with E-state index in [0.717, 1.165) is 44.9 Å². The zero-order chi connectivity index (χ0) is 34.4. The van der Waals surface area contributed by atoms with Crippen molar-refractivity contribution in [1.82, 2.24) is 10.6 Å². The SMILES string of the molecule is CCCCCCCCCCCCCCCC(=O)OC1C(SC)OC(C(NC(=O)C2CCC(CCCC#N)CCN2)C(C)Cl)C(O)C1O. The highest BCUT2D eigenvalue weighted by atomic mass is 35.5.